The molecule has 0 radical (unpaired) electrons. The summed E-state index contributed by atoms with van der Waals surface area (Å²) in [5.74, 6) is -0.487. The number of hydrogen-bond donors (Lipinski definition) is 1. The lowest BCUT2D eigenvalue weighted by Gasteiger charge is -2.31. The van der Waals surface area contributed by atoms with Crippen molar-refractivity contribution >= 4 is 50.9 Å². The third kappa shape index (κ3) is 4.34. The molecule has 5 rings (SSSR count). The molecule has 0 bridgehead atoms. The molecule has 1 amide bonds. The normalized spacial score (nSPS) is 13.0. The maximum Gasteiger partial charge on any atom is 0.335 e. The van der Waals surface area contributed by atoms with Gasteiger partial charge in [-0.25, -0.2) is 9.18 Å². The van der Waals surface area contributed by atoms with Crippen molar-refractivity contribution in [2.45, 2.75) is 19.8 Å². The van der Waals surface area contributed by atoms with Crippen molar-refractivity contribution in [2.75, 3.05) is 18.4 Å². The second kappa shape index (κ2) is 9.86. The van der Waals surface area contributed by atoms with E-state index in [9.17, 15) is 23.6 Å². The highest BCUT2D eigenvalue weighted by Gasteiger charge is 2.24. The van der Waals surface area contributed by atoms with E-state index in [0.717, 1.165) is 24.1 Å². The Hall–Kier alpha value is -3.74. The SMILES string of the molecule is Cc1c(=O)n(C)c(Nc2ccc(I)cc2F)c2c(=O)n(C)c(=O)n(-c3cccc(CC(=O)N4CCC4)c3)c12. The molecular weight excluding hydrogens is 604 g/mol. The molecule has 1 N–H and O–H groups in total. The first-order chi connectivity index (χ1) is 18.1. The molecule has 4 aromatic rings. The van der Waals surface area contributed by atoms with Gasteiger partial charge in [0, 0.05) is 36.3 Å². The number of amides is 1. The number of fused-ring (bicyclic) bond motifs is 1. The molecule has 1 aliphatic heterocycles. The van der Waals surface area contributed by atoms with Crippen molar-refractivity contribution in [1.82, 2.24) is 18.6 Å². The predicted octanol–water partition coefficient (Wildman–Crippen LogP) is 2.96. The zero-order valence-corrected chi connectivity index (χ0v) is 23.2. The molecule has 0 atom stereocenters. The second-order valence-corrected chi connectivity index (χ2v) is 10.6. The van der Waals surface area contributed by atoms with Crippen LogP contribution in [0.5, 0.6) is 0 Å². The van der Waals surface area contributed by atoms with E-state index in [-0.39, 0.29) is 40.3 Å². The number of rotatable bonds is 5. The maximum absolute atomic E-state index is 14.7. The fourth-order valence-corrected chi connectivity index (χ4v) is 5.12. The number of nitrogens with zero attached hydrogens (tertiary/aromatic N) is 4. The van der Waals surface area contributed by atoms with Gasteiger partial charge in [-0.05, 0) is 71.8 Å². The van der Waals surface area contributed by atoms with Gasteiger partial charge in [0.2, 0.25) is 5.91 Å². The smallest absolute Gasteiger partial charge is 0.335 e. The Morgan fingerprint density at radius 1 is 1.03 bits per heavy atom. The summed E-state index contributed by atoms with van der Waals surface area (Å²) in [6, 6.07) is 11.5. The second-order valence-electron chi connectivity index (χ2n) is 9.37. The van der Waals surface area contributed by atoms with Crippen molar-refractivity contribution in [3.05, 3.63) is 94.2 Å². The highest BCUT2D eigenvalue weighted by molar-refractivity contribution is 14.1. The van der Waals surface area contributed by atoms with E-state index in [0.29, 0.717) is 14.8 Å². The fraction of sp³-hybridized carbons (Fsp3) is 0.259. The van der Waals surface area contributed by atoms with Gasteiger partial charge in [-0.3, -0.25) is 28.1 Å². The summed E-state index contributed by atoms with van der Waals surface area (Å²) in [4.78, 5) is 54.6. The van der Waals surface area contributed by atoms with Crippen molar-refractivity contribution in [2.24, 2.45) is 14.1 Å². The summed E-state index contributed by atoms with van der Waals surface area (Å²) in [5, 5.41) is 2.98. The van der Waals surface area contributed by atoms with Gasteiger partial charge < -0.3 is 10.2 Å². The molecule has 2 aromatic carbocycles. The number of carbonyl (C=O) groups is 1. The summed E-state index contributed by atoms with van der Waals surface area (Å²) in [7, 11) is 2.84. The van der Waals surface area contributed by atoms with Crippen molar-refractivity contribution in [3.63, 3.8) is 0 Å². The van der Waals surface area contributed by atoms with Gasteiger partial charge in [-0.2, -0.15) is 0 Å². The number of nitrogens with one attached hydrogen (secondary N) is 1. The molecule has 1 saturated heterocycles. The van der Waals surface area contributed by atoms with E-state index in [2.05, 4.69) is 5.32 Å². The van der Waals surface area contributed by atoms with Gasteiger partial charge >= 0.3 is 5.69 Å². The van der Waals surface area contributed by atoms with Crippen LogP contribution in [0, 0.1) is 16.3 Å². The van der Waals surface area contributed by atoms with Crippen LogP contribution in [-0.2, 0) is 25.3 Å². The molecule has 2 aromatic heterocycles. The number of aromatic nitrogens is 3. The number of benzene rings is 2. The first-order valence-corrected chi connectivity index (χ1v) is 13.1. The quantitative estimate of drug-likeness (QED) is 0.343. The van der Waals surface area contributed by atoms with Crippen molar-refractivity contribution in [3.8, 4) is 5.69 Å². The van der Waals surface area contributed by atoms with Gasteiger partial charge in [0.1, 0.15) is 17.0 Å². The molecule has 0 unspecified atom stereocenters. The summed E-state index contributed by atoms with van der Waals surface area (Å²) in [6.07, 6.45) is 1.16. The fourth-order valence-electron chi connectivity index (χ4n) is 4.67. The van der Waals surface area contributed by atoms with E-state index in [1.54, 1.807) is 42.2 Å². The van der Waals surface area contributed by atoms with E-state index >= 15 is 0 Å². The van der Waals surface area contributed by atoms with Crippen LogP contribution in [0.4, 0.5) is 15.9 Å². The molecular formula is C27H25FIN5O4. The Morgan fingerprint density at radius 2 is 1.76 bits per heavy atom. The van der Waals surface area contributed by atoms with Crippen molar-refractivity contribution < 1.29 is 9.18 Å². The standard InChI is InChI=1S/C27H25FIN5O4/c1-15-23-22(24(31(2)25(15)36)30-20-9-8-17(29)14-19(20)28)26(37)32(3)27(38)34(23)18-7-4-6-16(12-18)13-21(35)33-10-5-11-33/h4,6-9,12,14,30H,5,10-11,13H2,1-3H3. The van der Waals surface area contributed by atoms with Crippen LogP contribution in [-0.4, -0.2) is 37.6 Å². The number of anilines is 2. The Kier molecular flexibility index (Phi) is 6.72. The zero-order valence-electron chi connectivity index (χ0n) is 21.0. The lowest BCUT2D eigenvalue weighted by atomic mass is 10.1. The average molecular weight is 629 g/mol. The van der Waals surface area contributed by atoms with Gasteiger partial charge in [0.15, 0.2) is 0 Å². The molecule has 1 fully saturated rings. The molecule has 0 saturated carbocycles. The third-order valence-corrected chi connectivity index (χ3v) is 7.60. The van der Waals surface area contributed by atoms with Gasteiger partial charge in [-0.15, -0.1) is 0 Å². The number of carbonyl (C=O) groups excluding carboxylic acids is 1. The van der Waals surface area contributed by atoms with Crippen LogP contribution in [0.1, 0.15) is 17.5 Å². The zero-order chi connectivity index (χ0) is 27.3. The average Bonchev–Trinajstić information content (AvgIpc) is 2.84. The first-order valence-electron chi connectivity index (χ1n) is 12.0. The Bertz CT molecular complexity index is 1800. The Morgan fingerprint density at radius 3 is 2.42 bits per heavy atom. The molecule has 196 valence electrons. The highest BCUT2D eigenvalue weighted by Crippen LogP contribution is 2.27. The Balaban J connectivity index is 1.76. The lowest BCUT2D eigenvalue weighted by molar-refractivity contribution is -0.133. The minimum absolute atomic E-state index is 0.00199. The maximum atomic E-state index is 14.7. The van der Waals surface area contributed by atoms with Crippen LogP contribution in [0.2, 0.25) is 0 Å². The van der Waals surface area contributed by atoms with Crippen LogP contribution >= 0.6 is 22.6 Å². The summed E-state index contributed by atoms with van der Waals surface area (Å²) in [5.41, 5.74) is -0.211. The van der Waals surface area contributed by atoms with Gasteiger partial charge in [0.05, 0.1) is 23.3 Å². The molecule has 1 aliphatic rings. The minimum atomic E-state index is -0.642. The highest BCUT2D eigenvalue weighted by atomic mass is 127. The number of pyridine rings is 1. The number of hydrogen-bond acceptors (Lipinski definition) is 5. The van der Waals surface area contributed by atoms with E-state index in [4.69, 9.17) is 0 Å². The summed E-state index contributed by atoms with van der Waals surface area (Å²) < 4.78 is 18.9. The monoisotopic (exact) mass is 629 g/mol. The minimum Gasteiger partial charge on any atom is -0.342 e. The summed E-state index contributed by atoms with van der Waals surface area (Å²) >= 11 is 1.99. The van der Waals surface area contributed by atoms with Gasteiger partial charge in [-0.1, -0.05) is 12.1 Å². The largest absolute Gasteiger partial charge is 0.342 e. The molecule has 38 heavy (non-hydrogen) atoms. The van der Waals surface area contributed by atoms with E-state index in [1.807, 2.05) is 22.6 Å². The van der Waals surface area contributed by atoms with E-state index in [1.165, 1.54) is 35.4 Å². The van der Waals surface area contributed by atoms with Crippen LogP contribution in [0.25, 0.3) is 16.6 Å². The van der Waals surface area contributed by atoms with Crippen LogP contribution in [0.15, 0.2) is 56.8 Å². The van der Waals surface area contributed by atoms with Crippen molar-refractivity contribution in [1.29, 1.82) is 0 Å². The molecule has 0 aliphatic carbocycles. The molecule has 3 heterocycles. The number of halogens is 2. The topological polar surface area (TPSA) is 98.3 Å². The number of likely N-dealkylation sites (tertiary alicyclic amines) is 1. The molecule has 0 spiro atoms. The molecule has 11 heteroatoms. The van der Waals surface area contributed by atoms with E-state index < -0.39 is 22.6 Å². The Labute approximate surface area is 230 Å². The van der Waals surface area contributed by atoms with Crippen LogP contribution in [0.3, 0.4) is 0 Å². The van der Waals surface area contributed by atoms with Gasteiger partial charge in [0.25, 0.3) is 11.1 Å². The number of aryl methyl sites for hydroxylation is 1. The lowest BCUT2D eigenvalue weighted by Crippen LogP contribution is -2.42. The predicted molar refractivity (Wildman–Crippen MR) is 152 cm³/mol. The summed E-state index contributed by atoms with van der Waals surface area (Å²) in [6.45, 7) is 3.03. The van der Waals surface area contributed by atoms with Crippen LogP contribution < -0.4 is 22.1 Å². The molecule has 9 nitrogen and oxygen atoms in total. The first kappa shape index (κ1) is 25.9. The third-order valence-electron chi connectivity index (χ3n) is 6.93.